The van der Waals surface area contributed by atoms with Crippen LogP contribution >= 0.6 is 0 Å². The van der Waals surface area contributed by atoms with Gasteiger partial charge in [0.15, 0.2) is 0 Å². The lowest BCUT2D eigenvalue weighted by Crippen LogP contribution is -2.53. The first-order valence-corrected chi connectivity index (χ1v) is 20.4. The first-order valence-electron chi connectivity index (χ1n) is 20.4. The van der Waals surface area contributed by atoms with E-state index >= 15 is 0 Å². The van der Waals surface area contributed by atoms with Crippen molar-refractivity contribution in [1.29, 1.82) is 0 Å². The molecule has 0 aromatic heterocycles. The number of carbonyl (C=O) groups is 5. The zero-order valence-electron chi connectivity index (χ0n) is 36.1. The van der Waals surface area contributed by atoms with E-state index in [0.717, 1.165) is 33.6 Å². The zero-order valence-corrected chi connectivity index (χ0v) is 36.1. The van der Waals surface area contributed by atoms with Crippen LogP contribution in [0, 0.1) is 0 Å². The molecule has 0 fully saturated rings. The van der Waals surface area contributed by atoms with Crippen LogP contribution in [-0.4, -0.2) is 72.2 Å². The number of rotatable bonds is 9. The van der Waals surface area contributed by atoms with Gasteiger partial charge in [-0.3, -0.25) is 19.2 Å². The molecule has 0 saturated carbocycles. The lowest BCUT2D eigenvalue weighted by atomic mass is 9.95. The predicted molar refractivity (Wildman–Crippen MR) is 237 cm³/mol. The summed E-state index contributed by atoms with van der Waals surface area (Å²) >= 11 is 0. The quantitative estimate of drug-likeness (QED) is 0.172. The summed E-state index contributed by atoms with van der Waals surface area (Å²) in [6, 6.07) is 29.6. The summed E-state index contributed by atoms with van der Waals surface area (Å²) in [4.78, 5) is 69.9. The van der Waals surface area contributed by atoms with Crippen LogP contribution in [-0.2, 0) is 49.8 Å². The van der Waals surface area contributed by atoms with Crippen molar-refractivity contribution in [2.75, 3.05) is 39.3 Å². The van der Waals surface area contributed by atoms with E-state index < -0.39 is 23.8 Å². The molecule has 2 atom stereocenters. The van der Waals surface area contributed by atoms with Crippen LogP contribution in [0.2, 0.25) is 0 Å². The van der Waals surface area contributed by atoms with E-state index in [1.807, 2.05) is 111 Å². The zero-order chi connectivity index (χ0) is 44.1. The van der Waals surface area contributed by atoms with Crippen LogP contribution in [0.3, 0.4) is 0 Å². The summed E-state index contributed by atoms with van der Waals surface area (Å²) in [5.74, 6) is -0.484. The number of hydrogen-bond donors (Lipinski definition) is 3. The highest BCUT2D eigenvalue weighted by molar-refractivity contribution is 6.08. The molecule has 60 heavy (non-hydrogen) atoms. The predicted octanol–water partition coefficient (Wildman–Crippen LogP) is 6.52. The van der Waals surface area contributed by atoms with Crippen LogP contribution in [0.1, 0.15) is 77.6 Å². The van der Waals surface area contributed by atoms with Gasteiger partial charge in [-0.1, -0.05) is 84.9 Å². The van der Waals surface area contributed by atoms with Crippen molar-refractivity contribution in [3.05, 3.63) is 119 Å². The Morgan fingerprint density at radius 2 is 1.12 bits per heavy atom. The van der Waals surface area contributed by atoms with Crippen LogP contribution in [0.25, 0.3) is 0 Å². The van der Waals surface area contributed by atoms with Crippen molar-refractivity contribution in [3.8, 4) is 0 Å². The highest BCUT2D eigenvalue weighted by Crippen LogP contribution is 2.40. The normalized spacial score (nSPS) is 15.6. The minimum absolute atomic E-state index is 0.0436. The number of hydrogen-bond acceptors (Lipinski definition) is 8. The van der Waals surface area contributed by atoms with Gasteiger partial charge in [0.1, 0.15) is 11.6 Å². The molecule has 4 aromatic rings. The maximum absolute atomic E-state index is 13.6. The minimum atomic E-state index is -0.760. The number of carbonyl (C=O) groups excluding carboxylic acids is 5. The molecule has 4 N–H and O–H groups in total. The Bertz CT molecular complexity index is 2100. The number of fused-ring (bicyclic) bond motifs is 2. The van der Waals surface area contributed by atoms with Gasteiger partial charge in [-0.2, -0.15) is 0 Å². The molecule has 0 bridgehead atoms. The number of aliphatic hydroxyl groups excluding tert-OH is 1. The second-order valence-electron chi connectivity index (χ2n) is 15.4. The Balaban J connectivity index is 0.000000255. The molecular weight excluding hydrogens is 761 g/mol. The van der Waals surface area contributed by atoms with Crippen LogP contribution < -0.4 is 30.7 Å². The molecule has 2 aliphatic rings. The highest BCUT2D eigenvalue weighted by atomic mass is 16.6. The van der Waals surface area contributed by atoms with Gasteiger partial charge < -0.3 is 40.5 Å². The molecule has 0 saturated heterocycles. The van der Waals surface area contributed by atoms with Crippen molar-refractivity contribution in [2.45, 2.75) is 99.0 Å². The van der Waals surface area contributed by atoms with Crippen LogP contribution in [0.5, 0.6) is 0 Å². The fourth-order valence-corrected chi connectivity index (χ4v) is 7.32. The van der Waals surface area contributed by atoms with E-state index in [0.29, 0.717) is 50.4 Å². The molecule has 6 rings (SSSR count). The number of nitrogens with two attached hydrogens (primary N) is 1. The maximum atomic E-state index is 13.6. The van der Waals surface area contributed by atoms with E-state index in [2.05, 4.69) is 5.32 Å². The number of nitrogens with one attached hydrogen (secondary N) is 1. The average molecular weight is 821 g/mol. The molecule has 0 aliphatic carbocycles. The SMILES string of the molecule is CCN(C(C)=O)c1cccc2c1N(Cc1ccccc1)C(=O)C(N)C2.CCN(C(C)=O)c1cccc2c1N(Cc1ccccc1)C(=O)C(NC(=O)OC(C)(C)C)C2.CCO. The summed E-state index contributed by atoms with van der Waals surface area (Å²) in [7, 11) is 0. The number of anilines is 4. The number of ether oxygens (including phenoxy) is 1. The van der Waals surface area contributed by atoms with Gasteiger partial charge >= 0.3 is 6.09 Å². The summed E-state index contributed by atoms with van der Waals surface area (Å²) < 4.78 is 5.37. The van der Waals surface area contributed by atoms with Crippen molar-refractivity contribution in [3.63, 3.8) is 0 Å². The van der Waals surface area contributed by atoms with Gasteiger partial charge in [0, 0.05) is 40.0 Å². The summed E-state index contributed by atoms with van der Waals surface area (Å²) in [6.45, 7) is 15.9. The van der Waals surface area contributed by atoms with Crippen molar-refractivity contribution in [1.82, 2.24) is 5.32 Å². The van der Waals surface area contributed by atoms with Crippen LogP contribution in [0.4, 0.5) is 27.5 Å². The van der Waals surface area contributed by atoms with Crippen LogP contribution in [0.15, 0.2) is 97.1 Å². The molecule has 4 aromatic carbocycles. The molecule has 13 heteroatoms. The highest BCUT2D eigenvalue weighted by Gasteiger charge is 2.38. The summed E-state index contributed by atoms with van der Waals surface area (Å²) in [5, 5.41) is 10.3. The Hall–Kier alpha value is -6.05. The third-order valence-corrected chi connectivity index (χ3v) is 9.78. The minimum Gasteiger partial charge on any atom is -0.444 e. The molecule has 0 radical (unpaired) electrons. The number of benzene rings is 4. The third kappa shape index (κ3) is 11.8. The monoisotopic (exact) mass is 820 g/mol. The fraction of sp³-hybridized carbons (Fsp3) is 0.383. The van der Waals surface area contributed by atoms with Gasteiger partial charge in [-0.25, -0.2) is 4.79 Å². The Morgan fingerprint density at radius 3 is 1.52 bits per heavy atom. The van der Waals surface area contributed by atoms with E-state index in [1.165, 1.54) is 6.92 Å². The average Bonchev–Trinajstić information content (AvgIpc) is 3.19. The standard InChI is InChI=1S/C25H31N3O4.C20H23N3O2.C2H6O/c1-6-27(17(2)29)21-14-10-13-19-15-20(26-24(31)32-25(3,4)5)23(30)28(22(19)21)16-18-11-8-7-9-12-18;1-3-22(14(2)24)18-11-7-10-16-12-17(21)20(25)23(19(16)18)13-15-8-5-4-6-9-15;1-2-3/h7-14,20H,6,15-16H2,1-5H3,(H,26,31);4-11,17H,3,12-13,21H2,1-2H3;3H,2H2,1H3. The first-order chi connectivity index (χ1) is 28.5. The Morgan fingerprint density at radius 1 is 0.700 bits per heavy atom. The number of aliphatic hydroxyl groups is 1. The van der Waals surface area contributed by atoms with E-state index in [1.54, 1.807) is 54.2 Å². The smallest absolute Gasteiger partial charge is 0.408 e. The van der Waals surface area contributed by atoms with Gasteiger partial charge in [0.2, 0.25) is 23.6 Å². The molecule has 13 nitrogen and oxygen atoms in total. The lowest BCUT2D eigenvalue weighted by Gasteiger charge is -2.38. The molecule has 2 aliphatic heterocycles. The Labute approximate surface area is 354 Å². The van der Waals surface area contributed by atoms with Gasteiger partial charge in [0.05, 0.1) is 41.9 Å². The van der Waals surface area contributed by atoms with Gasteiger partial charge in [-0.05, 0) is 82.3 Å². The molecule has 320 valence electrons. The van der Waals surface area contributed by atoms with Crippen molar-refractivity contribution < 1.29 is 33.8 Å². The van der Waals surface area contributed by atoms with Gasteiger partial charge in [-0.15, -0.1) is 0 Å². The fourth-order valence-electron chi connectivity index (χ4n) is 7.32. The number of para-hydroxylation sites is 2. The number of amides is 5. The summed E-state index contributed by atoms with van der Waals surface area (Å²) in [6.07, 6.45) is 0.180. The number of nitrogens with zero attached hydrogens (tertiary/aromatic N) is 4. The molecule has 0 spiro atoms. The molecular formula is C47H60N6O7. The van der Waals surface area contributed by atoms with E-state index in [9.17, 15) is 24.0 Å². The maximum Gasteiger partial charge on any atom is 0.408 e. The Kier molecular flexibility index (Phi) is 16.5. The third-order valence-electron chi connectivity index (χ3n) is 9.78. The van der Waals surface area contributed by atoms with E-state index in [-0.39, 0.29) is 30.2 Å². The molecule has 5 amide bonds. The lowest BCUT2D eigenvalue weighted by molar-refractivity contribution is -0.121. The summed E-state index contributed by atoms with van der Waals surface area (Å²) in [5.41, 5.74) is 12.2. The topological polar surface area (TPSA) is 166 Å². The second kappa shape index (κ2) is 21.3. The number of alkyl carbamates (subject to hydrolysis) is 1. The molecule has 2 unspecified atom stereocenters. The van der Waals surface area contributed by atoms with E-state index in [4.69, 9.17) is 15.6 Å². The van der Waals surface area contributed by atoms with Gasteiger partial charge in [0.25, 0.3) is 0 Å². The van der Waals surface area contributed by atoms with Crippen molar-refractivity contribution >= 4 is 52.5 Å². The first kappa shape index (κ1) is 46.6. The molecule has 2 heterocycles. The largest absolute Gasteiger partial charge is 0.444 e. The second-order valence-corrected chi connectivity index (χ2v) is 15.4. The van der Waals surface area contributed by atoms with Crippen molar-refractivity contribution in [2.24, 2.45) is 5.73 Å².